The van der Waals surface area contributed by atoms with Crippen molar-refractivity contribution in [3.05, 3.63) is 0 Å². The van der Waals surface area contributed by atoms with Gasteiger partial charge in [0.15, 0.2) is 0 Å². The van der Waals surface area contributed by atoms with E-state index in [-0.39, 0.29) is 18.0 Å². The number of hydrogen-bond acceptors (Lipinski definition) is 4. The van der Waals surface area contributed by atoms with Crippen molar-refractivity contribution in [3.63, 3.8) is 0 Å². The minimum atomic E-state index is -3.15. The first kappa shape index (κ1) is 11.9. The minimum Gasteiger partial charge on any atom is -0.381 e. The van der Waals surface area contributed by atoms with Gasteiger partial charge >= 0.3 is 0 Å². The van der Waals surface area contributed by atoms with Crippen LogP contribution in [-0.4, -0.2) is 58.0 Å². The monoisotopic (exact) mass is 223 g/mol. The standard InChI is InChI=1S/C8H17NO4S/c1-7(12-2)6-14(10,11)9-4-8(5-9)13-3/h7-8H,4-6H2,1-3H3. The van der Waals surface area contributed by atoms with Crippen molar-refractivity contribution >= 4 is 10.0 Å². The summed E-state index contributed by atoms with van der Waals surface area (Å²) in [4.78, 5) is 0. The normalized spacial score (nSPS) is 21.9. The molecule has 1 rings (SSSR count). The van der Waals surface area contributed by atoms with Crippen molar-refractivity contribution in [2.24, 2.45) is 0 Å². The van der Waals surface area contributed by atoms with E-state index in [4.69, 9.17) is 9.47 Å². The number of nitrogens with zero attached hydrogens (tertiary/aromatic N) is 1. The van der Waals surface area contributed by atoms with Crippen LogP contribution in [0.25, 0.3) is 0 Å². The number of rotatable bonds is 5. The summed E-state index contributed by atoms with van der Waals surface area (Å²) in [6.07, 6.45) is -0.204. The number of hydrogen-bond donors (Lipinski definition) is 0. The van der Waals surface area contributed by atoms with Gasteiger partial charge in [-0.05, 0) is 6.92 Å². The molecule has 14 heavy (non-hydrogen) atoms. The number of ether oxygens (including phenoxy) is 2. The SMILES string of the molecule is COC(C)CS(=O)(=O)N1CC(OC)C1. The Kier molecular flexibility index (Phi) is 3.88. The van der Waals surface area contributed by atoms with Crippen LogP contribution in [0.1, 0.15) is 6.92 Å². The van der Waals surface area contributed by atoms with Crippen LogP contribution < -0.4 is 0 Å². The zero-order valence-corrected chi connectivity index (χ0v) is 9.58. The van der Waals surface area contributed by atoms with Gasteiger partial charge in [0.1, 0.15) is 0 Å². The van der Waals surface area contributed by atoms with E-state index in [0.29, 0.717) is 13.1 Å². The fraction of sp³-hybridized carbons (Fsp3) is 1.00. The fourth-order valence-corrected chi connectivity index (χ4v) is 2.97. The molecule has 1 heterocycles. The molecule has 1 atom stereocenters. The maximum absolute atomic E-state index is 11.6. The van der Waals surface area contributed by atoms with E-state index >= 15 is 0 Å². The molecule has 0 amide bonds. The lowest BCUT2D eigenvalue weighted by Crippen LogP contribution is -2.55. The van der Waals surface area contributed by atoms with E-state index in [1.165, 1.54) is 11.4 Å². The largest absolute Gasteiger partial charge is 0.381 e. The van der Waals surface area contributed by atoms with Crippen molar-refractivity contribution in [1.29, 1.82) is 0 Å². The predicted octanol–water partition coefficient (Wildman–Crippen LogP) is -0.318. The summed E-state index contributed by atoms with van der Waals surface area (Å²) in [6.45, 7) is 2.68. The van der Waals surface area contributed by atoms with E-state index in [2.05, 4.69) is 0 Å². The van der Waals surface area contributed by atoms with Crippen LogP contribution >= 0.6 is 0 Å². The molecule has 0 aromatic rings. The molecule has 1 unspecified atom stereocenters. The Labute approximate surface area is 85.0 Å². The Morgan fingerprint density at radius 1 is 1.43 bits per heavy atom. The minimum absolute atomic E-state index is 0.0416. The molecular weight excluding hydrogens is 206 g/mol. The Bertz CT molecular complexity index is 271. The maximum atomic E-state index is 11.6. The summed E-state index contributed by atoms with van der Waals surface area (Å²) in [5.41, 5.74) is 0. The highest BCUT2D eigenvalue weighted by molar-refractivity contribution is 7.89. The first-order chi connectivity index (χ1) is 6.49. The van der Waals surface area contributed by atoms with E-state index in [1.54, 1.807) is 14.0 Å². The van der Waals surface area contributed by atoms with Gasteiger partial charge in [-0.3, -0.25) is 0 Å². The lowest BCUT2D eigenvalue weighted by Gasteiger charge is -2.37. The lowest BCUT2D eigenvalue weighted by molar-refractivity contribution is 0.0118. The predicted molar refractivity (Wildman–Crippen MR) is 52.6 cm³/mol. The van der Waals surface area contributed by atoms with Gasteiger partial charge in [-0.1, -0.05) is 0 Å². The highest BCUT2D eigenvalue weighted by Gasteiger charge is 2.36. The Morgan fingerprint density at radius 2 is 2.00 bits per heavy atom. The molecule has 0 radical (unpaired) electrons. The molecule has 1 fully saturated rings. The molecule has 0 aromatic heterocycles. The third kappa shape index (κ3) is 2.66. The molecule has 0 saturated carbocycles. The Hall–Kier alpha value is -0.170. The molecule has 1 aliphatic rings. The first-order valence-electron chi connectivity index (χ1n) is 4.53. The summed E-state index contributed by atoms with van der Waals surface area (Å²) in [6, 6.07) is 0. The van der Waals surface area contributed by atoms with Gasteiger partial charge in [0.05, 0.1) is 18.0 Å². The highest BCUT2D eigenvalue weighted by atomic mass is 32.2. The second kappa shape index (κ2) is 4.57. The topological polar surface area (TPSA) is 55.8 Å². The maximum Gasteiger partial charge on any atom is 0.216 e. The average Bonchev–Trinajstić information content (AvgIpc) is 2.00. The van der Waals surface area contributed by atoms with Gasteiger partial charge in [0, 0.05) is 27.3 Å². The summed E-state index contributed by atoms with van der Waals surface area (Å²) in [5, 5.41) is 0. The summed E-state index contributed by atoms with van der Waals surface area (Å²) in [7, 11) is -0.0517. The molecule has 0 bridgehead atoms. The molecule has 1 aliphatic heterocycles. The van der Waals surface area contributed by atoms with Gasteiger partial charge in [0.2, 0.25) is 10.0 Å². The van der Waals surface area contributed by atoms with E-state index in [9.17, 15) is 8.42 Å². The smallest absolute Gasteiger partial charge is 0.216 e. The van der Waals surface area contributed by atoms with Crippen molar-refractivity contribution in [1.82, 2.24) is 4.31 Å². The van der Waals surface area contributed by atoms with Crippen molar-refractivity contribution in [2.45, 2.75) is 19.1 Å². The molecule has 84 valence electrons. The van der Waals surface area contributed by atoms with Crippen LogP contribution in [0.4, 0.5) is 0 Å². The summed E-state index contributed by atoms with van der Waals surface area (Å²) >= 11 is 0. The summed E-state index contributed by atoms with van der Waals surface area (Å²) in [5.74, 6) is 0.0416. The molecule has 0 aliphatic carbocycles. The Balaban J connectivity index is 2.44. The van der Waals surface area contributed by atoms with Crippen molar-refractivity contribution in [3.8, 4) is 0 Å². The second-order valence-electron chi connectivity index (χ2n) is 3.50. The lowest BCUT2D eigenvalue weighted by atomic mass is 10.2. The Morgan fingerprint density at radius 3 is 2.43 bits per heavy atom. The zero-order valence-electron chi connectivity index (χ0n) is 8.76. The van der Waals surface area contributed by atoms with Gasteiger partial charge < -0.3 is 9.47 Å². The van der Waals surface area contributed by atoms with Gasteiger partial charge in [-0.25, -0.2) is 8.42 Å². The van der Waals surface area contributed by atoms with Crippen LogP contribution in [0.2, 0.25) is 0 Å². The van der Waals surface area contributed by atoms with E-state index in [1.807, 2.05) is 0 Å². The number of sulfonamides is 1. The fourth-order valence-electron chi connectivity index (χ4n) is 1.25. The van der Waals surface area contributed by atoms with Crippen LogP contribution in [0.15, 0.2) is 0 Å². The molecule has 6 heteroatoms. The van der Waals surface area contributed by atoms with Gasteiger partial charge in [-0.2, -0.15) is 4.31 Å². The second-order valence-corrected chi connectivity index (χ2v) is 5.51. The molecule has 0 spiro atoms. The van der Waals surface area contributed by atoms with Crippen LogP contribution in [0, 0.1) is 0 Å². The highest BCUT2D eigenvalue weighted by Crippen LogP contribution is 2.16. The molecule has 1 saturated heterocycles. The van der Waals surface area contributed by atoms with E-state index < -0.39 is 10.0 Å². The first-order valence-corrected chi connectivity index (χ1v) is 6.14. The third-order valence-corrected chi connectivity index (χ3v) is 4.36. The molecule has 0 aromatic carbocycles. The van der Waals surface area contributed by atoms with Crippen LogP contribution in [-0.2, 0) is 19.5 Å². The van der Waals surface area contributed by atoms with Crippen molar-refractivity contribution < 1.29 is 17.9 Å². The molecular formula is C8H17NO4S. The van der Waals surface area contributed by atoms with Gasteiger partial charge in [0.25, 0.3) is 0 Å². The summed E-state index contributed by atoms with van der Waals surface area (Å²) < 4.78 is 34.6. The van der Waals surface area contributed by atoms with E-state index in [0.717, 1.165) is 0 Å². The third-order valence-electron chi connectivity index (χ3n) is 2.39. The van der Waals surface area contributed by atoms with Crippen LogP contribution in [0.3, 0.4) is 0 Å². The number of methoxy groups -OCH3 is 2. The zero-order chi connectivity index (χ0) is 10.8. The quantitative estimate of drug-likeness (QED) is 0.641. The molecule has 5 nitrogen and oxygen atoms in total. The van der Waals surface area contributed by atoms with Crippen LogP contribution in [0.5, 0.6) is 0 Å². The van der Waals surface area contributed by atoms with Gasteiger partial charge in [-0.15, -0.1) is 0 Å². The molecule has 0 N–H and O–H groups in total. The van der Waals surface area contributed by atoms with Crippen molar-refractivity contribution in [2.75, 3.05) is 33.1 Å². The average molecular weight is 223 g/mol.